The summed E-state index contributed by atoms with van der Waals surface area (Å²) < 4.78 is 5.01. The van der Waals surface area contributed by atoms with Crippen LogP contribution in [0.1, 0.15) is 34.1 Å². The summed E-state index contributed by atoms with van der Waals surface area (Å²) in [4.78, 5) is 23.2. The number of amides is 2. The summed E-state index contributed by atoms with van der Waals surface area (Å²) in [6.07, 6.45) is 0.721. The van der Waals surface area contributed by atoms with Gasteiger partial charge < -0.3 is 15.4 Å². The molecule has 1 aliphatic rings. The fraction of sp³-hybridized carbons (Fsp3) is 0.667. The van der Waals surface area contributed by atoms with Crippen molar-refractivity contribution in [2.24, 2.45) is 5.92 Å². The predicted octanol–water partition coefficient (Wildman–Crippen LogP) is 1.55. The highest BCUT2D eigenvalue weighted by Crippen LogP contribution is 2.19. The van der Waals surface area contributed by atoms with Crippen LogP contribution in [0.2, 0.25) is 0 Å². The van der Waals surface area contributed by atoms with Gasteiger partial charge in [0, 0.05) is 5.70 Å². The van der Waals surface area contributed by atoms with E-state index in [4.69, 9.17) is 4.74 Å². The second kappa shape index (κ2) is 5.70. The van der Waals surface area contributed by atoms with Gasteiger partial charge in [0.1, 0.15) is 0 Å². The van der Waals surface area contributed by atoms with Gasteiger partial charge in [-0.05, 0) is 26.2 Å². The van der Waals surface area contributed by atoms with Gasteiger partial charge in [-0.2, -0.15) is 0 Å². The van der Waals surface area contributed by atoms with Gasteiger partial charge in [-0.25, -0.2) is 9.59 Å². The van der Waals surface area contributed by atoms with Gasteiger partial charge in [-0.3, -0.25) is 0 Å². The van der Waals surface area contributed by atoms with Crippen LogP contribution >= 0.6 is 0 Å². The molecule has 0 spiro atoms. The van der Waals surface area contributed by atoms with Gasteiger partial charge in [0.15, 0.2) is 0 Å². The van der Waals surface area contributed by atoms with Crippen LogP contribution in [-0.2, 0) is 9.53 Å². The van der Waals surface area contributed by atoms with Crippen LogP contribution in [0.4, 0.5) is 4.79 Å². The molecule has 1 unspecified atom stereocenters. The summed E-state index contributed by atoms with van der Waals surface area (Å²) in [6, 6.07) is -0.524. The molecule has 0 saturated carbocycles. The van der Waals surface area contributed by atoms with Crippen LogP contribution in [-0.4, -0.2) is 24.6 Å². The van der Waals surface area contributed by atoms with Crippen molar-refractivity contribution in [1.29, 1.82) is 0 Å². The van der Waals surface area contributed by atoms with Crippen molar-refractivity contribution in [2.45, 2.75) is 40.2 Å². The maximum absolute atomic E-state index is 11.8. The summed E-state index contributed by atoms with van der Waals surface area (Å²) in [5.41, 5.74) is 1.11. The fourth-order valence-electron chi connectivity index (χ4n) is 1.92. The number of rotatable bonds is 4. The molecule has 0 bridgehead atoms. The maximum atomic E-state index is 11.8. The van der Waals surface area contributed by atoms with Gasteiger partial charge in [0.05, 0.1) is 18.2 Å². The Morgan fingerprint density at radius 1 is 1.47 bits per heavy atom. The Morgan fingerprint density at radius 2 is 2.12 bits per heavy atom. The Balaban J connectivity index is 2.95. The molecule has 1 atom stereocenters. The molecule has 0 aromatic carbocycles. The van der Waals surface area contributed by atoms with Crippen molar-refractivity contribution >= 4 is 12.0 Å². The summed E-state index contributed by atoms with van der Waals surface area (Å²) in [5.74, 6) is 0.0266. The van der Waals surface area contributed by atoms with E-state index in [1.807, 2.05) is 13.8 Å². The molecule has 1 rings (SSSR count). The van der Waals surface area contributed by atoms with Gasteiger partial charge in [0.25, 0.3) is 0 Å². The van der Waals surface area contributed by atoms with E-state index < -0.39 is 0 Å². The number of carbonyl (C=O) groups is 2. The van der Waals surface area contributed by atoms with Gasteiger partial charge in [-0.15, -0.1) is 0 Å². The normalized spacial score (nSPS) is 20.1. The van der Waals surface area contributed by atoms with Crippen molar-refractivity contribution < 1.29 is 14.3 Å². The zero-order valence-electron chi connectivity index (χ0n) is 10.8. The smallest absolute Gasteiger partial charge is 0.337 e. The van der Waals surface area contributed by atoms with E-state index in [9.17, 15) is 9.59 Å². The molecule has 0 radical (unpaired) electrons. The maximum Gasteiger partial charge on any atom is 0.337 e. The highest BCUT2D eigenvalue weighted by Gasteiger charge is 2.30. The van der Waals surface area contributed by atoms with Crippen LogP contribution < -0.4 is 10.6 Å². The summed E-state index contributed by atoms with van der Waals surface area (Å²) in [7, 11) is 0. The zero-order chi connectivity index (χ0) is 13.0. The van der Waals surface area contributed by atoms with E-state index in [2.05, 4.69) is 10.6 Å². The number of hydrogen-bond acceptors (Lipinski definition) is 3. The minimum absolute atomic E-state index is 0.261. The molecule has 2 amide bonds. The lowest BCUT2D eigenvalue weighted by atomic mass is 9.94. The Hall–Kier alpha value is -1.52. The van der Waals surface area contributed by atoms with Crippen LogP contribution in [0.5, 0.6) is 0 Å². The Morgan fingerprint density at radius 3 is 2.65 bits per heavy atom. The second-order valence-corrected chi connectivity index (χ2v) is 4.54. The predicted molar refractivity (Wildman–Crippen MR) is 64.2 cm³/mol. The van der Waals surface area contributed by atoms with E-state index in [1.165, 1.54) is 0 Å². The molecule has 0 fully saturated rings. The van der Waals surface area contributed by atoms with Crippen molar-refractivity contribution in [3.05, 3.63) is 11.3 Å². The largest absolute Gasteiger partial charge is 0.463 e. The number of hydrogen-bond donors (Lipinski definition) is 2. The first-order valence-electron chi connectivity index (χ1n) is 5.91. The van der Waals surface area contributed by atoms with Crippen molar-refractivity contribution in [1.82, 2.24) is 10.6 Å². The molecule has 5 heteroatoms. The molecule has 96 valence electrons. The van der Waals surface area contributed by atoms with Crippen molar-refractivity contribution in [2.75, 3.05) is 6.61 Å². The van der Waals surface area contributed by atoms with Gasteiger partial charge in [-0.1, -0.05) is 13.8 Å². The number of carbonyl (C=O) groups excluding carboxylic acids is 2. The van der Waals surface area contributed by atoms with Crippen LogP contribution in [0.3, 0.4) is 0 Å². The lowest BCUT2D eigenvalue weighted by Gasteiger charge is -2.28. The fourth-order valence-corrected chi connectivity index (χ4v) is 1.92. The lowest BCUT2D eigenvalue weighted by Crippen LogP contribution is -2.50. The molecule has 5 nitrogen and oxygen atoms in total. The molecule has 0 aromatic heterocycles. The Bertz CT molecular complexity index is 348. The minimum atomic E-state index is -0.358. The first-order valence-corrected chi connectivity index (χ1v) is 5.91. The van der Waals surface area contributed by atoms with Crippen molar-refractivity contribution in [3.63, 3.8) is 0 Å². The number of ether oxygens (including phenoxy) is 1. The Labute approximate surface area is 102 Å². The molecular weight excluding hydrogens is 220 g/mol. The van der Waals surface area contributed by atoms with Gasteiger partial charge in [0.2, 0.25) is 0 Å². The van der Waals surface area contributed by atoms with Gasteiger partial charge >= 0.3 is 12.0 Å². The number of nitrogens with one attached hydrogen (secondary N) is 2. The summed E-state index contributed by atoms with van der Waals surface area (Å²) >= 11 is 0. The average molecular weight is 240 g/mol. The minimum Gasteiger partial charge on any atom is -0.463 e. The van der Waals surface area contributed by atoms with E-state index in [0.29, 0.717) is 23.8 Å². The van der Waals surface area contributed by atoms with E-state index in [1.54, 1.807) is 13.8 Å². The quantitative estimate of drug-likeness (QED) is 0.733. The molecule has 1 heterocycles. The molecule has 2 N–H and O–H groups in total. The van der Waals surface area contributed by atoms with Crippen molar-refractivity contribution in [3.8, 4) is 0 Å². The topological polar surface area (TPSA) is 67.4 Å². The van der Waals surface area contributed by atoms with E-state index in [0.717, 1.165) is 6.42 Å². The zero-order valence-corrected chi connectivity index (χ0v) is 10.8. The number of allylic oxidation sites excluding steroid dienone is 1. The molecular formula is C12H20N2O3. The first-order chi connectivity index (χ1) is 7.95. The summed E-state index contributed by atoms with van der Waals surface area (Å²) in [5, 5.41) is 5.36. The third-order valence-electron chi connectivity index (χ3n) is 2.56. The highest BCUT2D eigenvalue weighted by molar-refractivity contribution is 5.94. The first kappa shape index (κ1) is 13.5. The number of urea groups is 1. The number of esters is 1. The van der Waals surface area contributed by atoms with E-state index in [-0.39, 0.29) is 18.0 Å². The SMILES string of the molecule is CCOC(=O)C1=C(C)NC(=O)NC1CC(C)C. The molecule has 17 heavy (non-hydrogen) atoms. The third kappa shape index (κ3) is 3.47. The highest BCUT2D eigenvalue weighted by atomic mass is 16.5. The Kier molecular flexibility index (Phi) is 4.54. The lowest BCUT2D eigenvalue weighted by molar-refractivity contribution is -0.139. The van der Waals surface area contributed by atoms with Crippen LogP contribution in [0, 0.1) is 5.92 Å². The third-order valence-corrected chi connectivity index (χ3v) is 2.56. The molecule has 0 aliphatic carbocycles. The van der Waals surface area contributed by atoms with E-state index >= 15 is 0 Å². The summed E-state index contributed by atoms with van der Waals surface area (Å²) in [6.45, 7) is 7.91. The molecule has 0 aromatic rings. The van der Waals surface area contributed by atoms with Crippen LogP contribution in [0.25, 0.3) is 0 Å². The average Bonchev–Trinajstić information content (AvgIpc) is 2.15. The van der Waals surface area contributed by atoms with Crippen LogP contribution in [0.15, 0.2) is 11.3 Å². The standard InChI is InChI=1S/C12H20N2O3/c1-5-17-11(15)10-8(4)13-12(16)14-9(10)6-7(2)3/h7,9H,5-6H2,1-4H3,(H2,13,14,16). The monoisotopic (exact) mass is 240 g/mol. The molecule has 1 aliphatic heterocycles. The molecule has 0 saturated heterocycles. The second-order valence-electron chi connectivity index (χ2n) is 4.54.